The van der Waals surface area contributed by atoms with Gasteiger partial charge in [0.25, 0.3) is 0 Å². The molecule has 1 atom stereocenters. The summed E-state index contributed by atoms with van der Waals surface area (Å²) >= 11 is 5.81. The van der Waals surface area contributed by atoms with Gasteiger partial charge in [-0.2, -0.15) is 0 Å². The maximum Gasteiger partial charge on any atom is 0.0824 e. The van der Waals surface area contributed by atoms with Gasteiger partial charge in [0.1, 0.15) is 0 Å². The van der Waals surface area contributed by atoms with Crippen molar-refractivity contribution in [1.29, 1.82) is 0 Å². The van der Waals surface area contributed by atoms with E-state index in [0.29, 0.717) is 5.92 Å². The number of halogens is 2. The Morgan fingerprint density at radius 1 is 1.29 bits per heavy atom. The van der Waals surface area contributed by atoms with Gasteiger partial charge in [0.05, 0.1) is 6.34 Å². The lowest BCUT2D eigenvalue weighted by Crippen LogP contribution is -2.26. The predicted octanol–water partition coefficient (Wildman–Crippen LogP) is 2.48. The third kappa shape index (κ3) is 2.63. The monoisotopic (exact) mass is 230 g/mol. The first-order valence-corrected chi connectivity index (χ1v) is 4.71. The Balaban J connectivity index is 0.000000980. The molecule has 0 amide bonds. The van der Waals surface area contributed by atoms with E-state index in [1.54, 1.807) is 6.34 Å². The number of aliphatic imine (C=N–C) groups is 1. The summed E-state index contributed by atoms with van der Waals surface area (Å²) in [6, 6.07) is 7.98. The first-order valence-electron chi connectivity index (χ1n) is 4.33. The average molecular weight is 231 g/mol. The molecule has 1 aliphatic rings. The number of hydrogen-bond acceptors (Lipinski definition) is 2. The molecule has 1 heterocycles. The molecule has 0 radical (unpaired) electrons. The second-order valence-electron chi connectivity index (χ2n) is 3.15. The van der Waals surface area contributed by atoms with E-state index >= 15 is 0 Å². The lowest BCUT2D eigenvalue weighted by atomic mass is 9.99. The molecule has 0 aromatic heterocycles. The van der Waals surface area contributed by atoms with Gasteiger partial charge < -0.3 is 5.32 Å². The van der Waals surface area contributed by atoms with Gasteiger partial charge in [0.2, 0.25) is 0 Å². The zero-order valence-corrected chi connectivity index (χ0v) is 9.18. The van der Waals surface area contributed by atoms with E-state index in [1.165, 1.54) is 5.56 Å². The van der Waals surface area contributed by atoms with Crippen molar-refractivity contribution in [2.45, 2.75) is 5.92 Å². The van der Waals surface area contributed by atoms with Crippen LogP contribution in [0.4, 0.5) is 0 Å². The van der Waals surface area contributed by atoms with Crippen LogP contribution in [0.5, 0.6) is 0 Å². The molecule has 1 aromatic carbocycles. The summed E-state index contributed by atoms with van der Waals surface area (Å²) in [5.74, 6) is 0.488. The van der Waals surface area contributed by atoms with Gasteiger partial charge in [0.15, 0.2) is 0 Å². The van der Waals surface area contributed by atoms with E-state index < -0.39 is 0 Å². The summed E-state index contributed by atoms with van der Waals surface area (Å²) in [4.78, 5) is 4.19. The number of rotatable bonds is 1. The largest absolute Gasteiger partial charge is 0.376 e. The summed E-state index contributed by atoms with van der Waals surface area (Å²) in [5.41, 5.74) is 1.30. The summed E-state index contributed by atoms with van der Waals surface area (Å²) in [7, 11) is 0. The minimum Gasteiger partial charge on any atom is -0.376 e. The van der Waals surface area contributed by atoms with Crippen molar-refractivity contribution in [2.75, 3.05) is 13.1 Å². The van der Waals surface area contributed by atoms with E-state index in [-0.39, 0.29) is 12.4 Å². The minimum atomic E-state index is 0. The van der Waals surface area contributed by atoms with Gasteiger partial charge in [-0.25, -0.2) is 0 Å². The number of nitrogens with one attached hydrogen (secondary N) is 1. The molecule has 14 heavy (non-hydrogen) atoms. The lowest BCUT2D eigenvalue weighted by molar-refractivity contribution is 0.648. The van der Waals surface area contributed by atoms with Gasteiger partial charge >= 0.3 is 0 Å². The van der Waals surface area contributed by atoms with Crippen molar-refractivity contribution >= 4 is 30.3 Å². The van der Waals surface area contributed by atoms with Crippen LogP contribution in [0.25, 0.3) is 0 Å². The Morgan fingerprint density at radius 2 is 2.00 bits per heavy atom. The quantitative estimate of drug-likeness (QED) is 0.788. The molecule has 76 valence electrons. The third-order valence-corrected chi connectivity index (χ3v) is 2.47. The van der Waals surface area contributed by atoms with Crippen LogP contribution >= 0.6 is 24.0 Å². The molecule has 0 bridgehead atoms. The first-order chi connectivity index (χ1) is 6.36. The van der Waals surface area contributed by atoms with Gasteiger partial charge in [-0.05, 0) is 17.7 Å². The van der Waals surface area contributed by atoms with Crippen molar-refractivity contribution in [2.24, 2.45) is 4.99 Å². The maximum atomic E-state index is 5.81. The van der Waals surface area contributed by atoms with Gasteiger partial charge in [-0.1, -0.05) is 23.7 Å². The SMILES string of the molecule is Cl.Clc1ccc(C2CN=CNC2)cc1. The second-order valence-corrected chi connectivity index (χ2v) is 3.59. The molecule has 2 rings (SSSR count). The molecule has 1 aromatic rings. The fourth-order valence-corrected chi connectivity index (χ4v) is 1.59. The van der Waals surface area contributed by atoms with Crippen LogP contribution in [-0.2, 0) is 0 Å². The topological polar surface area (TPSA) is 24.4 Å². The Kier molecular flexibility index (Phi) is 4.23. The standard InChI is InChI=1S/C10H11ClN2.ClH/c11-10-3-1-8(2-4-10)9-5-12-7-13-6-9;/h1-4,7,9H,5-6H2,(H,12,13);1H. The molecule has 0 saturated heterocycles. The fourth-order valence-electron chi connectivity index (χ4n) is 1.46. The highest BCUT2D eigenvalue weighted by atomic mass is 35.5. The van der Waals surface area contributed by atoms with Crippen molar-refractivity contribution in [1.82, 2.24) is 5.32 Å². The van der Waals surface area contributed by atoms with Crippen LogP contribution < -0.4 is 5.32 Å². The fraction of sp³-hybridized carbons (Fsp3) is 0.300. The molecule has 0 fully saturated rings. The van der Waals surface area contributed by atoms with Crippen molar-refractivity contribution in [3.63, 3.8) is 0 Å². The molecule has 0 spiro atoms. The van der Waals surface area contributed by atoms with Crippen LogP contribution in [0.1, 0.15) is 11.5 Å². The predicted molar refractivity (Wildman–Crippen MR) is 62.8 cm³/mol. The van der Waals surface area contributed by atoms with E-state index in [4.69, 9.17) is 11.6 Å². The Bertz CT molecular complexity index is 308. The van der Waals surface area contributed by atoms with Gasteiger partial charge in [0, 0.05) is 24.0 Å². The first kappa shape index (κ1) is 11.3. The minimum absolute atomic E-state index is 0. The Labute approximate surface area is 94.8 Å². The molecular weight excluding hydrogens is 219 g/mol. The molecule has 0 aliphatic carbocycles. The molecule has 0 saturated carbocycles. The number of benzene rings is 1. The van der Waals surface area contributed by atoms with Gasteiger partial charge in [-0.3, -0.25) is 4.99 Å². The van der Waals surface area contributed by atoms with E-state index in [1.807, 2.05) is 12.1 Å². The molecule has 1 aliphatic heterocycles. The third-order valence-electron chi connectivity index (χ3n) is 2.21. The summed E-state index contributed by atoms with van der Waals surface area (Å²) in [6.45, 7) is 1.83. The van der Waals surface area contributed by atoms with Crippen LogP contribution in [-0.4, -0.2) is 19.4 Å². The zero-order valence-electron chi connectivity index (χ0n) is 7.61. The van der Waals surface area contributed by atoms with Crippen molar-refractivity contribution < 1.29 is 0 Å². The lowest BCUT2D eigenvalue weighted by Gasteiger charge is -2.18. The van der Waals surface area contributed by atoms with E-state index in [2.05, 4.69) is 22.4 Å². The summed E-state index contributed by atoms with van der Waals surface area (Å²) in [6.07, 6.45) is 1.77. The van der Waals surface area contributed by atoms with Crippen molar-refractivity contribution in [3.05, 3.63) is 34.9 Å². The van der Waals surface area contributed by atoms with Crippen LogP contribution in [0.15, 0.2) is 29.3 Å². The van der Waals surface area contributed by atoms with E-state index in [9.17, 15) is 0 Å². The zero-order chi connectivity index (χ0) is 9.10. The Morgan fingerprint density at radius 3 is 2.57 bits per heavy atom. The molecular formula is C10H12Cl2N2. The van der Waals surface area contributed by atoms with Crippen molar-refractivity contribution in [3.8, 4) is 0 Å². The smallest absolute Gasteiger partial charge is 0.0824 e. The summed E-state index contributed by atoms with van der Waals surface area (Å²) in [5, 5.41) is 3.91. The second kappa shape index (κ2) is 5.23. The van der Waals surface area contributed by atoms with E-state index in [0.717, 1.165) is 18.1 Å². The number of hydrogen-bond donors (Lipinski definition) is 1. The molecule has 2 nitrogen and oxygen atoms in total. The maximum absolute atomic E-state index is 5.81. The molecule has 1 unspecified atom stereocenters. The number of nitrogens with zero attached hydrogens (tertiary/aromatic N) is 1. The van der Waals surface area contributed by atoms with Gasteiger partial charge in [-0.15, -0.1) is 12.4 Å². The normalized spacial score (nSPS) is 19.6. The Hall–Kier alpha value is -0.730. The van der Waals surface area contributed by atoms with Crippen LogP contribution in [0.3, 0.4) is 0 Å². The highest BCUT2D eigenvalue weighted by molar-refractivity contribution is 6.30. The van der Waals surface area contributed by atoms with Crippen LogP contribution in [0.2, 0.25) is 5.02 Å². The highest BCUT2D eigenvalue weighted by Crippen LogP contribution is 2.19. The molecule has 1 N–H and O–H groups in total. The van der Waals surface area contributed by atoms with Crippen LogP contribution in [0, 0.1) is 0 Å². The average Bonchev–Trinajstić information content (AvgIpc) is 2.20. The molecule has 4 heteroatoms. The highest BCUT2D eigenvalue weighted by Gasteiger charge is 2.11. The summed E-state index contributed by atoms with van der Waals surface area (Å²) < 4.78 is 0.